The molecular weight excluding hydrogens is 326 g/mol. The first-order chi connectivity index (χ1) is 12.0. The number of nitrogens with zero attached hydrogens (tertiary/aromatic N) is 1. The molecule has 0 radical (unpaired) electrons. The van der Waals surface area contributed by atoms with Crippen molar-refractivity contribution in [1.82, 2.24) is 4.90 Å². The lowest BCUT2D eigenvalue weighted by atomic mass is 10.1. The van der Waals surface area contributed by atoms with Crippen LogP contribution < -0.4 is 10.1 Å². The first-order valence-electron chi connectivity index (χ1n) is 8.16. The molecule has 3 rings (SSSR count). The summed E-state index contributed by atoms with van der Waals surface area (Å²) < 4.78 is 29.3. The lowest BCUT2D eigenvalue weighted by Gasteiger charge is -2.24. The standard InChI is InChI=1S/C19H20F2N2O2/c1-23(16-11-10-13-6-2-3-7-14(13)16)12-18(24)22-15-8-4-5-9-17(15)25-19(20)21/h2-9,16,19H,10-12H2,1H3,(H,22,24)/t16-/m0/s1. The summed E-state index contributed by atoms with van der Waals surface area (Å²) in [4.78, 5) is 14.3. The average Bonchev–Trinajstić information content (AvgIpc) is 3.00. The van der Waals surface area contributed by atoms with Gasteiger partial charge in [0.15, 0.2) is 0 Å². The third-order valence-corrected chi connectivity index (χ3v) is 4.40. The van der Waals surface area contributed by atoms with Gasteiger partial charge in [-0.05, 0) is 43.1 Å². The van der Waals surface area contributed by atoms with Crippen molar-refractivity contribution < 1.29 is 18.3 Å². The van der Waals surface area contributed by atoms with Gasteiger partial charge in [-0.1, -0.05) is 36.4 Å². The van der Waals surface area contributed by atoms with Crippen molar-refractivity contribution in [2.75, 3.05) is 18.9 Å². The Balaban J connectivity index is 1.64. The number of fused-ring (bicyclic) bond motifs is 1. The second kappa shape index (κ2) is 7.61. The molecule has 2 aromatic carbocycles. The van der Waals surface area contributed by atoms with Crippen LogP contribution in [0.15, 0.2) is 48.5 Å². The zero-order valence-electron chi connectivity index (χ0n) is 13.9. The lowest BCUT2D eigenvalue weighted by Crippen LogP contribution is -2.32. The molecule has 25 heavy (non-hydrogen) atoms. The minimum absolute atomic E-state index is 0.0419. The van der Waals surface area contributed by atoms with Crippen LogP contribution >= 0.6 is 0 Å². The number of carbonyl (C=O) groups excluding carboxylic acids is 1. The molecule has 0 unspecified atom stereocenters. The number of ether oxygens (including phenoxy) is 1. The number of alkyl halides is 2. The molecule has 1 aliphatic carbocycles. The van der Waals surface area contributed by atoms with E-state index in [2.05, 4.69) is 22.2 Å². The third kappa shape index (κ3) is 4.14. The summed E-state index contributed by atoms with van der Waals surface area (Å²) in [5.74, 6) is -0.308. The normalized spacial score (nSPS) is 16.1. The molecule has 0 fully saturated rings. The molecule has 0 saturated heterocycles. The van der Waals surface area contributed by atoms with Gasteiger partial charge >= 0.3 is 6.61 Å². The Morgan fingerprint density at radius 3 is 2.76 bits per heavy atom. The number of likely N-dealkylation sites (N-methyl/N-ethyl adjacent to an activating group) is 1. The van der Waals surface area contributed by atoms with E-state index < -0.39 is 6.61 Å². The Hall–Kier alpha value is -2.47. The van der Waals surface area contributed by atoms with E-state index in [4.69, 9.17) is 0 Å². The number of anilines is 1. The van der Waals surface area contributed by atoms with Crippen molar-refractivity contribution in [3.8, 4) is 5.75 Å². The van der Waals surface area contributed by atoms with E-state index >= 15 is 0 Å². The fourth-order valence-electron chi connectivity index (χ4n) is 3.29. The maximum absolute atomic E-state index is 12.5. The molecule has 1 aliphatic rings. The monoisotopic (exact) mass is 346 g/mol. The number of benzene rings is 2. The second-order valence-electron chi connectivity index (χ2n) is 6.09. The van der Waals surface area contributed by atoms with E-state index in [1.54, 1.807) is 18.2 Å². The number of hydrogen-bond donors (Lipinski definition) is 1. The number of hydrogen-bond acceptors (Lipinski definition) is 3. The van der Waals surface area contributed by atoms with Crippen LogP contribution in [0.25, 0.3) is 0 Å². The van der Waals surface area contributed by atoms with Crippen molar-refractivity contribution in [3.05, 3.63) is 59.7 Å². The van der Waals surface area contributed by atoms with Gasteiger partial charge in [0, 0.05) is 6.04 Å². The van der Waals surface area contributed by atoms with E-state index in [9.17, 15) is 13.6 Å². The highest BCUT2D eigenvalue weighted by Gasteiger charge is 2.26. The maximum Gasteiger partial charge on any atom is 0.387 e. The fourth-order valence-corrected chi connectivity index (χ4v) is 3.29. The molecule has 2 aromatic rings. The molecule has 1 amide bonds. The minimum atomic E-state index is -2.93. The number of aryl methyl sites for hydroxylation is 1. The van der Waals surface area contributed by atoms with Gasteiger partial charge in [0.05, 0.1) is 12.2 Å². The Morgan fingerprint density at radius 2 is 1.96 bits per heavy atom. The van der Waals surface area contributed by atoms with Crippen molar-refractivity contribution in [3.63, 3.8) is 0 Å². The van der Waals surface area contributed by atoms with Gasteiger partial charge in [0.1, 0.15) is 5.75 Å². The van der Waals surface area contributed by atoms with Crippen LogP contribution in [0, 0.1) is 0 Å². The summed E-state index contributed by atoms with van der Waals surface area (Å²) in [6.07, 6.45) is 1.96. The van der Waals surface area contributed by atoms with Crippen LogP contribution in [0.1, 0.15) is 23.6 Å². The first-order valence-corrected chi connectivity index (χ1v) is 8.16. The quantitative estimate of drug-likeness (QED) is 0.864. The van der Waals surface area contributed by atoms with Crippen molar-refractivity contribution in [2.24, 2.45) is 0 Å². The lowest BCUT2D eigenvalue weighted by molar-refractivity contribution is -0.117. The van der Waals surface area contributed by atoms with Gasteiger partial charge in [0.25, 0.3) is 0 Å². The highest BCUT2D eigenvalue weighted by molar-refractivity contribution is 5.93. The Morgan fingerprint density at radius 1 is 1.24 bits per heavy atom. The van der Waals surface area contributed by atoms with Gasteiger partial charge in [-0.25, -0.2) is 0 Å². The number of carbonyl (C=O) groups is 1. The molecule has 0 heterocycles. The van der Waals surface area contributed by atoms with Crippen LogP contribution in [0.4, 0.5) is 14.5 Å². The molecule has 132 valence electrons. The average molecular weight is 346 g/mol. The summed E-state index contributed by atoms with van der Waals surface area (Å²) >= 11 is 0. The van der Waals surface area contributed by atoms with Gasteiger partial charge in [-0.3, -0.25) is 9.69 Å². The Kier molecular flexibility index (Phi) is 5.28. The predicted molar refractivity (Wildman–Crippen MR) is 91.8 cm³/mol. The minimum Gasteiger partial charge on any atom is -0.433 e. The molecule has 0 aliphatic heterocycles. The number of amides is 1. The zero-order chi connectivity index (χ0) is 17.8. The van der Waals surface area contributed by atoms with Crippen molar-refractivity contribution >= 4 is 11.6 Å². The predicted octanol–water partition coefficient (Wildman–Crippen LogP) is 3.85. The highest BCUT2D eigenvalue weighted by atomic mass is 19.3. The van der Waals surface area contributed by atoms with E-state index in [1.807, 2.05) is 24.1 Å². The highest BCUT2D eigenvalue weighted by Crippen LogP contribution is 2.34. The van der Waals surface area contributed by atoms with Gasteiger partial charge in [-0.15, -0.1) is 0 Å². The SMILES string of the molecule is CN(CC(=O)Nc1ccccc1OC(F)F)[C@H]1CCc2ccccc21. The van der Waals surface area contributed by atoms with E-state index in [0.29, 0.717) is 0 Å². The molecule has 0 saturated carbocycles. The summed E-state index contributed by atoms with van der Waals surface area (Å²) in [5, 5.41) is 2.66. The zero-order valence-corrected chi connectivity index (χ0v) is 13.9. The van der Waals surface area contributed by atoms with E-state index in [-0.39, 0.29) is 29.9 Å². The molecule has 1 N–H and O–H groups in total. The number of nitrogens with one attached hydrogen (secondary N) is 1. The summed E-state index contributed by atoms with van der Waals surface area (Å²) in [5.41, 5.74) is 2.81. The molecule has 0 aromatic heterocycles. The maximum atomic E-state index is 12.5. The summed E-state index contributed by atoms with van der Waals surface area (Å²) in [6.45, 7) is -2.77. The molecule has 0 spiro atoms. The molecule has 4 nitrogen and oxygen atoms in total. The Bertz CT molecular complexity index is 752. The molecule has 0 bridgehead atoms. The topological polar surface area (TPSA) is 41.6 Å². The second-order valence-corrected chi connectivity index (χ2v) is 6.09. The van der Waals surface area contributed by atoms with Crippen LogP contribution in [-0.4, -0.2) is 31.0 Å². The molecule has 6 heteroatoms. The summed E-state index contributed by atoms with van der Waals surface area (Å²) in [6, 6.07) is 14.6. The van der Waals surface area contributed by atoms with Crippen LogP contribution in [0.5, 0.6) is 5.75 Å². The fraction of sp³-hybridized carbons (Fsp3) is 0.316. The van der Waals surface area contributed by atoms with E-state index in [0.717, 1.165) is 12.8 Å². The van der Waals surface area contributed by atoms with Gasteiger partial charge in [-0.2, -0.15) is 8.78 Å². The Labute approximate surface area is 145 Å². The first kappa shape index (κ1) is 17.4. The number of rotatable bonds is 6. The smallest absolute Gasteiger partial charge is 0.387 e. The van der Waals surface area contributed by atoms with Gasteiger partial charge < -0.3 is 10.1 Å². The van der Waals surface area contributed by atoms with Crippen LogP contribution in [0.3, 0.4) is 0 Å². The van der Waals surface area contributed by atoms with Crippen LogP contribution in [-0.2, 0) is 11.2 Å². The number of para-hydroxylation sites is 2. The molecular formula is C19H20F2N2O2. The van der Waals surface area contributed by atoms with Gasteiger partial charge in [0.2, 0.25) is 5.91 Å². The van der Waals surface area contributed by atoms with Crippen LogP contribution in [0.2, 0.25) is 0 Å². The van der Waals surface area contributed by atoms with Crippen molar-refractivity contribution in [1.29, 1.82) is 0 Å². The number of halogens is 2. The molecule has 1 atom stereocenters. The third-order valence-electron chi connectivity index (χ3n) is 4.40. The van der Waals surface area contributed by atoms with E-state index in [1.165, 1.54) is 17.2 Å². The summed E-state index contributed by atoms with van der Waals surface area (Å²) in [7, 11) is 1.90. The largest absolute Gasteiger partial charge is 0.433 e. The van der Waals surface area contributed by atoms with Crippen molar-refractivity contribution in [2.45, 2.75) is 25.5 Å².